The van der Waals surface area contributed by atoms with Crippen LogP contribution in [0.25, 0.3) is 0 Å². The zero-order chi connectivity index (χ0) is 25.3. The number of hydrazone groups is 1. The minimum Gasteiger partial charge on any atom is -0.484 e. The van der Waals surface area contributed by atoms with E-state index in [1.807, 2.05) is 85.1 Å². The monoisotopic (exact) mass is 474 g/mol. The number of amides is 2. The first kappa shape index (κ1) is 25.5. The predicted molar refractivity (Wildman–Crippen MR) is 135 cm³/mol. The molecule has 0 aromatic heterocycles. The summed E-state index contributed by atoms with van der Waals surface area (Å²) in [6.07, 6.45) is 1.59. The van der Waals surface area contributed by atoms with Crippen molar-refractivity contribution in [3.8, 4) is 11.5 Å². The molecule has 0 radical (unpaired) electrons. The Morgan fingerprint density at radius 3 is 1.94 bits per heavy atom. The highest BCUT2D eigenvalue weighted by Gasteiger charge is 2.23. The summed E-state index contributed by atoms with van der Waals surface area (Å²) in [5.41, 5.74) is 8.39. The van der Waals surface area contributed by atoms with E-state index in [2.05, 4.69) is 24.4 Å². The second-order valence-corrected chi connectivity index (χ2v) is 8.53. The van der Waals surface area contributed by atoms with Crippen LogP contribution in [0, 0.1) is 6.92 Å². The normalized spacial score (nSPS) is 11.2. The molecular formula is C27H30N4O4. The average Bonchev–Trinajstić information content (AvgIpc) is 2.86. The summed E-state index contributed by atoms with van der Waals surface area (Å²) in [7, 11) is 0. The number of benzene rings is 3. The number of hydrogen-bond acceptors (Lipinski definition) is 6. The van der Waals surface area contributed by atoms with Gasteiger partial charge in [-0.2, -0.15) is 5.10 Å². The van der Waals surface area contributed by atoms with E-state index in [1.165, 1.54) is 0 Å². The minimum absolute atomic E-state index is 0.141. The number of rotatable bonds is 10. The smallest absolute Gasteiger partial charge is 0.277 e. The van der Waals surface area contributed by atoms with Crippen molar-refractivity contribution in [2.24, 2.45) is 10.9 Å². The van der Waals surface area contributed by atoms with Crippen molar-refractivity contribution in [3.63, 3.8) is 0 Å². The highest BCUT2D eigenvalue weighted by molar-refractivity contribution is 5.83. The number of hydrogen-bond donors (Lipinski definition) is 3. The van der Waals surface area contributed by atoms with Crippen molar-refractivity contribution in [1.29, 1.82) is 0 Å². The number of nitrogens with zero attached hydrogens (tertiary/aromatic N) is 1. The molecule has 182 valence electrons. The minimum atomic E-state index is -0.399. The quantitative estimate of drug-likeness (QED) is 0.181. The van der Waals surface area contributed by atoms with Gasteiger partial charge >= 0.3 is 0 Å². The van der Waals surface area contributed by atoms with Crippen LogP contribution in [-0.4, -0.2) is 31.2 Å². The van der Waals surface area contributed by atoms with Gasteiger partial charge in [0.05, 0.1) is 6.21 Å². The summed E-state index contributed by atoms with van der Waals surface area (Å²) in [5.74, 6) is 5.48. The van der Waals surface area contributed by atoms with E-state index in [-0.39, 0.29) is 24.5 Å². The second-order valence-electron chi connectivity index (χ2n) is 8.53. The topological polar surface area (TPSA) is 115 Å². The number of aryl methyl sites for hydroxylation is 1. The zero-order valence-electron chi connectivity index (χ0n) is 20.1. The fourth-order valence-electron chi connectivity index (χ4n) is 3.40. The lowest BCUT2D eigenvalue weighted by Crippen LogP contribution is -2.34. The maximum Gasteiger partial charge on any atom is 0.277 e. The van der Waals surface area contributed by atoms with E-state index in [4.69, 9.17) is 15.3 Å². The summed E-state index contributed by atoms with van der Waals surface area (Å²) in [6, 6.07) is 23.0. The van der Waals surface area contributed by atoms with Gasteiger partial charge in [0, 0.05) is 5.41 Å². The summed E-state index contributed by atoms with van der Waals surface area (Å²) in [4.78, 5) is 23.2. The molecule has 0 heterocycles. The lowest BCUT2D eigenvalue weighted by molar-refractivity contribution is -0.123. The van der Waals surface area contributed by atoms with Gasteiger partial charge in [0.1, 0.15) is 11.5 Å². The van der Waals surface area contributed by atoms with Crippen LogP contribution in [0.4, 0.5) is 0 Å². The summed E-state index contributed by atoms with van der Waals surface area (Å²) in [6.45, 7) is 5.94. The van der Waals surface area contributed by atoms with Gasteiger partial charge in [-0.3, -0.25) is 15.0 Å². The van der Waals surface area contributed by atoms with Crippen molar-refractivity contribution in [2.75, 3.05) is 13.2 Å². The molecule has 0 unspecified atom stereocenters. The van der Waals surface area contributed by atoms with Crippen molar-refractivity contribution >= 4 is 18.0 Å². The molecule has 0 atom stereocenters. The number of nitrogens with two attached hydrogens (primary N) is 1. The Balaban J connectivity index is 1.52. The van der Waals surface area contributed by atoms with Crippen LogP contribution in [0.15, 0.2) is 77.9 Å². The molecule has 0 fully saturated rings. The van der Waals surface area contributed by atoms with Gasteiger partial charge in [-0.05, 0) is 47.9 Å². The number of carbonyl (C=O) groups excluding carboxylic acids is 2. The Kier molecular flexibility index (Phi) is 8.58. The maximum absolute atomic E-state index is 12.0. The molecule has 3 aromatic rings. The lowest BCUT2D eigenvalue weighted by atomic mass is 9.78. The third-order valence-corrected chi connectivity index (χ3v) is 5.50. The Morgan fingerprint density at radius 2 is 1.43 bits per heavy atom. The summed E-state index contributed by atoms with van der Waals surface area (Å²) < 4.78 is 11.0. The van der Waals surface area contributed by atoms with E-state index < -0.39 is 5.91 Å². The zero-order valence-corrected chi connectivity index (χ0v) is 20.1. The van der Waals surface area contributed by atoms with Crippen LogP contribution in [0.1, 0.15) is 36.1 Å². The molecule has 0 saturated carbocycles. The summed E-state index contributed by atoms with van der Waals surface area (Å²) >= 11 is 0. The van der Waals surface area contributed by atoms with Crippen LogP contribution < -0.4 is 26.2 Å². The van der Waals surface area contributed by atoms with Gasteiger partial charge < -0.3 is 9.47 Å². The Bertz CT molecular complexity index is 1170. The van der Waals surface area contributed by atoms with Crippen LogP contribution in [0.5, 0.6) is 11.5 Å². The number of nitrogens with one attached hydrogen (secondary N) is 2. The average molecular weight is 475 g/mol. The standard InChI is InChI=1S/C27H30N4O4/c1-19-5-4-6-20(15-19)16-29-31-26(33)18-35-24-13-9-22(10-14-24)27(2,3)21-7-11-23(12-8-21)34-17-25(32)30-28/h4-16H,17-18,28H2,1-3H3,(H,30,32)(H,31,33). The van der Waals surface area contributed by atoms with Crippen molar-refractivity contribution in [1.82, 2.24) is 10.9 Å². The number of ether oxygens (including phenoxy) is 2. The fourth-order valence-corrected chi connectivity index (χ4v) is 3.40. The van der Waals surface area contributed by atoms with Crippen LogP contribution >= 0.6 is 0 Å². The van der Waals surface area contributed by atoms with Gasteiger partial charge in [0.15, 0.2) is 13.2 Å². The van der Waals surface area contributed by atoms with Crippen LogP contribution in [0.2, 0.25) is 0 Å². The molecule has 0 aliphatic rings. The fraction of sp³-hybridized carbons (Fsp3) is 0.222. The molecule has 0 aliphatic carbocycles. The first-order valence-corrected chi connectivity index (χ1v) is 11.1. The van der Waals surface area contributed by atoms with Crippen molar-refractivity contribution in [3.05, 3.63) is 95.1 Å². The molecular weight excluding hydrogens is 444 g/mol. The third-order valence-electron chi connectivity index (χ3n) is 5.50. The summed E-state index contributed by atoms with van der Waals surface area (Å²) in [5, 5.41) is 3.97. The molecule has 0 bridgehead atoms. The number of hydrazine groups is 1. The Hall–Kier alpha value is -4.17. The largest absolute Gasteiger partial charge is 0.484 e. The van der Waals surface area contributed by atoms with Crippen LogP contribution in [0.3, 0.4) is 0 Å². The highest BCUT2D eigenvalue weighted by Crippen LogP contribution is 2.33. The first-order chi connectivity index (χ1) is 16.8. The Morgan fingerprint density at radius 1 is 0.886 bits per heavy atom. The van der Waals surface area contributed by atoms with Crippen LogP contribution in [-0.2, 0) is 15.0 Å². The maximum atomic E-state index is 12.0. The highest BCUT2D eigenvalue weighted by atomic mass is 16.5. The molecule has 4 N–H and O–H groups in total. The van der Waals surface area contributed by atoms with Gasteiger partial charge in [0.2, 0.25) is 0 Å². The van der Waals surface area contributed by atoms with Gasteiger partial charge in [0.25, 0.3) is 11.8 Å². The second kappa shape index (κ2) is 11.8. The Labute approximate surface area is 205 Å². The first-order valence-electron chi connectivity index (χ1n) is 11.1. The predicted octanol–water partition coefficient (Wildman–Crippen LogP) is 3.22. The van der Waals surface area contributed by atoms with E-state index >= 15 is 0 Å². The van der Waals surface area contributed by atoms with E-state index in [1.54, 1.807) is 6.21 Å². The van der Waals surface area contributed by atoms with Gasteiger partial charge in [-0.25, -0.2) is 11.3 Å². The molecule has 0 saturated heterocycles. The number of carbonyl (C=O) groups is 2. The molecule has 8 nitrogen and oxygen atoms in total. The van der Waals surface area contributed by atoms with Crippen molar-refractivity contribution in [2.45, 2.75) is 26.2 Å². The molecule has 0 spiro atoms. The van der Waals surface area contributed by atoms with Gasteiger partial charge in [-0.15, -0.1) is 0 Å². The van der Waals surface area contributed by atoms with Gasteiger partial charge in [-0.1, -0.05) is 67.9 Å². The van der Waals surface area contributed by atoms with E-state index in [9.17, 15) is 9.59 Å². The lowest BCUT2D eigenvalue weighted by Gasteiger charge is -2.26. The molecule has 3 rings (SSSR count). The van der Waals surface area contributed by atoms with E-state index in [0.29, 0.717) is 11.5 Å². The SMILES string of the molecule is Cc1cccc(C=NNC(=O)COc2ccc(C(C)(C)c3ccc(OCC(=O)NN)cc3)cc2)c1. The van der Waals surface area contributed by atoms with Crippen molar-refractivity contribution < 1.29 is 19.1 Å². The third kappa shape index (κ3) is 7.41. The molecule has 0 aliphatic heterocycles. The molecule has 3 aromatic carbocycles. The molecule has 35 heavy (non-hydrogen) atoms. The van der Waals surface area contributed by atoms with E-state index in [0.717, 1.165) is 22.3 Å². The molecule has 8 heteroatoms. The molecule has 2 amide bonds.